The van der Waals surface area contributed by atoms with E-state index in [1.807, 2.05) is 18.2 Å². The van der Waals surface area contributed by atoms with Gasteiger partial charge < -0.3 is 15.0 Å². The molecule has 0 aliphatic rings. The van der Waals surface area contributed by atoms with Crippen LogP contribution in [0.5, 0.6) is 5.75 Å². The van der Waals surface area contributed by atoms with Crippen LogP contribution in [0.4, 0.5) is 5.69 Å². The zero-order chi connectivity index (χ0) is 24.9. The Morgan fingerprint density at radius 2 is 1.75 bits per heavy atom. The number of benzene rings is 3. The minimum atomic E-state index is -0.551. The molecular weight excluding hydrogens is 458 g/mol. The molecule has 2 aromatic heterocycles. The van der Waals surface area contributed by atoms with E-state index in [-0.39, 0.29) is 27.8 Å². The summed E-state index contributed by atoms with van der Waals surface area (Å²) in [6.07, 6.45) is 2.99. The summed E-state index contributed by atoms with van der Waals surface area (Å²) in [6, 6.07) is 21.9. The minimum Gasteiger partial charge on any atom is -0.494 e. The van der Waals surface area contributed by atoms with E-state index < -0.39 is 11.0 Å². The van der Waals surface area contributed by atoms with Gasteiger partial charge >= 0.3 is 0 Å². The SMILES string of the molecule is O=C(Nc1ccc2c(=O)c3[nH]nnc3c(=O)[nH]c2c1)c1ccc(OCCCCc2ccccc2)cc1. The van der Waals surface area contributed by atoms with E-state index in [0.717, 1.165) is 19.3 Å². The van der Waals surface area contributed by atoms with E-state index >= 15 is 0 Å². The predicted molar refractivity (Wildman–Crippen MR) is 138 cm³/mol. The number of nitrogens with zero attached hydrogens (tertiary/aromatic N) is 2. The van der Waals surface area contributed by atoms with Crippen molar-refractivity contribution in [2.24, 2.45) is 0 Å². The Morgan fingerprint density at radius 1 is 0.944 bits per heavy atom. The number of hydrogen-bond donors (Lipinski definition) is 3. The van der Waals surface area contributed by atoms with Gasteiger partial charge in [-0.2, -0.15) is 0 Å². The maximum absolute atomic E-state index is 12.7. The van der Waals surface area contributed by atoms with Crippen LogP contribution in [-0.4, -0.2) is 32.9 Å². The summed E-state index contributed by atoms with van der Waals surface area (Å²) < 4.78 is 5.80. The van der Waals surface area contributed by atoms with Gasteiger partial charge in [-0.25, -0.2) is 0 Å². The van der Waals surface area contributed by atoms with Crippen LogP contribution in [0.25, 0.3) is 21.9 Å². The van der Waals surface area contributed by atoms with Crippen LogP contribution >= 0.6 is 0 Å². The Hall–Kier alpha value is -4.79. The van der Waals surface area contributed by atoms with E-state index in [1.54, 1.807) is 30.3 Å². The van der Waals surface area contributed by atoms with Crippen molar-refractivity contribution in [3.8, 4) is 5.75 Å². The van der Waals surface area contributed by atoms with Crippen LogP contribution in [0.3, 0.4) is 0 Å². The Balaban J connectivity index is 1.21. The molecule has 0 unspecified atom stereocenters. The molecule has 0 saturated heterocycles. The molecule has 0 spiro atoms. The van der Waals surface area contributed by atoms with Gasteiger partial charge in [0.2, 0.25) is 5.43 Å². The van der Waals surface area contributed by atoms with Gasteiger partial charge in [0.1, 0.15) is 11.3 Å². The largest absolute Gasteiger partial charge is 0.494 e. The van der Waals surface area contributed by atoms with Crippen molar-refractivity contribution in [2.75, 3.05) is 11.9 Å². The fraction of sp³-hybridized carbons (Fsp3) is 0.148. The Morgan fingerprint density at radius 3 is 2.56 bits per heavy atom. The zero-order valence-electron chi connectivity index (χ0n) is 19.3. The molecule has 9 nitrogen and oxygen atoms in total. The molecule has 0 radical (unpaired) electrons. The highest BCUT2D eigenvalue weighted by atomic mass is 16.5. The van der Waals surface area contributed by atoms with Crippen molar-refractivity contribution >= 4 is 33.5 Å². The molecule has 5 aromatic rings. The normalized spacial score (nSPS) is 11.0. The minimum absolute atomic E-state index is 0.0292. The Kier molecular flexibility index (Phi) is 6.53. The van der Waals surface area contributed by atoms with Crippen LogP contribution in [0.1, 0.15) is 28.8 Å². The average molecular weight is 482 g/mol. The monoisotopic (exact) mass is 481 g/mol. The van der Waals surface area contributed by atoms with Gasteiger partial charge in [-0.05, 0) is 67.3 Å². The van der Waals surface area contributed by atoms with Gasteiger partial charge in [0.25, 0.3) is 11.5 Å². The van der Waals surface area contributed by atoms with E-state index in [0.29, 0.717) is 23.6 Å². The lowest BCUT2D eigenvalue weighted by Gasteiger charge is -2.08. The summed E-state index contributed by atoms with van der Waals surface area (Å²) in [6.45, 7) is 0.604. The van der Waals surface area contributed by atoms with Crippen molar-refractivity contribution in [3.05, 3.63) is 105 Å². The van der Waals surface area contributed by atoms with Crippen LogP contribution < -0.4 is 21.0 Å². The molecule has 0 fully saturated rings. The molecule has 3 N–H and O–H groups in total. The molecule has 0 aliphatic carbocycles. The molecule has 2 heterocycles. The summed E-state index contributed by atoms with van der Waals surface area (Å²) in [5.74, 6) is 0.371. The molecular formula is C27H23N5O4. The highest BCUT2D eigenvalue weighted by Gasteiger charge is 2.11. The number of amides is 1. The molecule has 9 heteroatoms. The molecule has 0 atom stereocenters. The quantitative estimate of drug-likeness (QED) is 0.289. The fourth-order valence-corrected chi connectivity index (χ4v) is 3.96. The van der Waals surface area contributed by atoms with Crippen molar-refractivity contribution < 1.29 is 9.53 Å². The lowest BCUT2D eigenvalue weighted by molar-refractivity contribution is 0.102. The number of aryl methyl sites for hydroxylation is 1. The van der Waals surface area contributed by atoms with E-state index in [2.05, 4.69) is 37.8 Å². The second kappa shape index (κ2) is 10.2. The van der Waals surface area contributed by atoms with Crippen molar-refractivity contribution in [2.45, 2.75) is 19.3 Å². The molecule has 0 saturated carbocycles. The molecule has 3 aromatic carbocycles. The fourth-order valence-electron chi connectivity index (χ4n) is 3.96. The first-order valence-corrected chi connectivity index (χ1v) is 11.6. The first-order chi connectivity index (χ1) is 17.6. The molecule has 36 heavy (non-hydrogen) atoms. The first kappa shape index (κ1) is 23.0. The van der Waals surface area contributed by atoms with Gasteiger partial charge in [0.15, 0.2) is 5.52 Å². The van der Waals surface area contributed by atoms with Gasteiger partial charge in [0, 0.05) is 16.6 Å². The highest BCUT2D eigenvalue weighted by molar-refractivity contribution is 6.05. The van der Waals surface area contributed by atoms with Crippen LogP contribution in [0, 0.1) is 0 Å². The zero-order valence-corrected chi connectivity index (χ0v) is 19.3. The topological polar surface area (TPSA) is 130 Å². The smallest absolute Gasteiger partial charge is 0.278 e. The molecule has 180 valence electrons. The van der Waals surface area contributed by atoms with Crippen molar-refractivity contribution in [1.82, 2.24) is 20.4 Å². The summed E-state index contributed by atoms with van der Waals surface area (Å²) in [5.41, 5.74) is 1.49. The number of aromatic nitrogens is 4. The second-order valence-corrected chi connectivity index (χ2v) is 8.35. The third-order valence-corrected chi connectivity index (χ3v) is 5.85. The van der Waals surface area contributed by atoms with Crippen LogP contribution in [0.2, 0.25) is 0 Å². The number of aromatic amines is 2. The average Bonchev–Trinajstić information content (AvgIpc) is 3.36. The van der Waals surface area contributed by atoms with E-state index in [1.165, 1.54) is 17.7 Å². The van der Waals surface area contributed by atoms with Crippen molar-refractivity contribution in [1.29, 1.82) is 0 Å². The number of nitrogens with one attached hydrogen (secondary N) is 3. The predicted octanol–water partition coefficient (Wildman–Crippen LogP) is 3.81. The molecule has 5 rings (SSSR count). The number of hydrogen-bond acceptors (Lipinski definition) is 6. The maximum Gasteiger partial charge on any atom is 0.278 e. The van der Waals surface area contributed by atoms with Gasteiger partial charge in [-0.3, -0.25) is 19.5 Å². The number of anilines is 1. The van der Waals surface area contributed by atoms with E-state index in [4.69, 9.17) is 4.74 Å². The lowest BCUT2D eigenvalue weighted by atomic mass is 10.1. The Bertz CT molecular complexity index is 1640. The third-order valence-electron chi connectivity index (χ3n) is 5.85. The number of fused-ring (bicyclic) bond motifs is 2. The summed E-state index contributed by atoms with van der Waals surface area (Å²) in [7, 11) is 0. The summed E-state index contributed by atoms with van der Waals surface area (Å²) in [5, 5.41) is 12.7. The molecule has 1 amide bonds. The first-order valence-electron chi connectivity index (χ1n) is 11.6. The van der Waals surface area contributed by atoms with E-state index in [9.17, 15) is 14.4 Å². The lowest BCUT2D eigenvalue weighted by Crippen LogP contribution is -2.12. The maximum atomic E-state index is 12.7. The Labute approximate surface area is 205 Å². The number of ether oxygens (including phenoxy) is 1. The second-order valence-electron chi connectivity index (χ2n) is 8.35. The summed E-state index contributed by atoms with van der Waals surface area (Å²) >= 11 is 0. The van der Waals surface area contributed by atoms with Gasteiger partial charge in [-0.15, -0.1) is 5.10 Å². The molecule has 0 aliphatic heterocycles. The number of carbonyl (C=O) groups is 1. The standard InChI is InChI=1S/C27H23N5O4/c33-25-21-14-11-19(16-22(21)29-27(35)24-23(25)30-32-31-24)28-26(34)18-9-12-20(13-10-18)36-15-5-4-8-17-6-2-1-3-7-17/h1-3,6-7,9-14,16H,4-5,8,15H2,(H,28,34)(H,29,35)(H,30,31,32). The van der Waals surface area contributed by atoms with Crippen LogP contribution in [0.15, 0.2) is 82.4 Å². The van der Waals surface area contributed by atoms with Crippen molar-refractivity contribution in [3.63, 3.8) is 0 Å². The van der Waals surface area contributed by atoms with Gasteiger partial charge in [0.05, 0.1) is 12.1 Å². The number of rotatable bonds is 8. The highest BCUT2D eigenvalue weighted by Crippen LogP contribution is 2.18. The number of carbonyl (C=O) groups excluding carboxylic acids is 1. The third kappa shape index (κ3) is 5.00. The number of unbranched alkanes of at least 4 members (excludes halogenated alkanes) is 1. The molecule has 0 bridgehead atoms. The van der Waals surface area contributed by atoms with Gasteiger partial charge in [-0.1, -0.05) is 35.5 Å². The number of H-pyrrole nitrogens is 2. The van der Waals surface area contributed by atoms with Crippen LogP contribution in [-0.2, 0) is 6.42 Å². The summed E-state index contributed by atoms with van der Waals surface area (Å²) in [4.78, 5) is 40.4.